The van der Waals surface area contributed by atoms with Gasteiger partial charge in [-0.15, -0.1) is 0 Å². The Kier molecular flexibility index (Phi) is 4.78. The molecule has 0 aliphatic carbocycles. The van der Waals surface area contributed by atoms with Crippen LogP contribution in [0.1, 0.15) is 23.0 Å². The van der Waals surface area contributed by atoms with Gasteiger partial charge >= 0.3 is 12.4 Å². The first-order chi connectivity index (χ1) is 13.6. The summed E-state index contributed by atoms with van der Waals surface area (Å²) < 4.78 is 95.0. The van der Waals surface area contributed by atoms with Crippen LogP contribution < -0.4 is 4.74 Å². The number of hydrogen-bond acceptors (Lipinski definition) is 4. The lowest BCUT2D eigenvalue weighted by Gasteiger charge is -2.15. The third-order valence-electron chi connectivity index (χ3n) is 4.44. The molecule has 2 aliphatic rings. The number of ether oxygens (including phenoxy) is 3. The molecule has 0 bridgehead atoms. The van der Waals surface area contributed by atoms with E-state index in [-0.39, 0.29) is 11.5 Å². The van der Waals surface area contributed by atoms with E-state index in [1.54, 1.807) is 12.1 Å². The summed E-state index contributed by atoms with van der Waals surface area (Å²) in [6.07, 6.45) is -11.1. The summed E-state index contributed by atoms with van der Waals surface area (Å²) in [7, 11) is 0. The van der Waals surface area contributed by atoms with Crippen LogP contribution in [0.4, 0.5) is 32.0 Å². The minimum Gasteiger partial charge on any atom is -0.457 e. The smallest absolute Gasteiger partial charge is 0.429 e. The van der Waals surface area contributed by atoms with E-state index in [4.69, 9.17) is 14.2 Å². The molecule has 1 fully saturated rings. The van der Waals surface area contributed by atoms with E-state index in [9.17, 15) is 26.3 Å². The van der Waals surface area contributed by atoms with Gasteiger partial charge in [0.1, 0.15) is 17.2 Å². The van der Waals surface area contributed by atoms with Gasteiger partial charge in [-0.25, -0.2) is 4.99 Å². The number of benzene rings is 2. The fourth-order valence-corrected chi connectivity index (χ4v) is 3.12. The van der Waals surface area contributed by atoms with Crippen LogP contribution in [0.25, 0.3) is 0 Å². The van der Waals surface area contributed by atoms with E-state index < -0.39 is 47.6 Å². The molecular formula is C19H13F6NO3. The van der Waals surface area contributed by atoms with Crippen molar-refractivity contribution in [1.82, 2.24) is 0 Å². The molecule has 4 rings (SSSR count). The molecule has 0 N–H and O–H groups in total. The first-order valence-electron chi connectivity index (χ1n) is 8.51. The third-order valence-corrected chi connectivity index (χ3v) is 4.44. The molecule has 0 saturated carbocycles. The van der Waals surface area contributed by atoms with Crippen LogP contribution in [0.15, 0.2) is 41.4 Å². The molecule has 0 unspecified atom stereocenters. The Morgan fingerprint density at radius 3 is 2.10 bits per heavy atom. The average Bonchev–Trinajstić information content (AvgIpc) is 3.30. The number of hydrogen-bond donors (Lipinski definition) is 0. The number of aliphatic imine (C=N–C) groups is 1. The molecule has 2 aromatic rings. The van der Waals surface area contributed by atoms with Gasteiger partial charge in [0.25, 0.3) is 0 Å². The average molecular weight is 417 g/mol. The largest absolute Gasteiger partial charge is 0.457 e. The summed E-state index contributed by atoms with van der Waals surface area (Å²) in [5, 5.41) is 0. The zero-order valence-electron chi connectivity index (χ0n) is 14.6. The molecule has 0 radical (unpaired) electrons. The standard InChI is InChI=1S/C19H13F6NO3/c20-18(21,22)14-7-12(8-15-13(14)9-16(26-15)19(23,24)25)29-11-3-1-10(2-4-11)17-27-5-6-28-17/h1-4,7-8,17H,5-6,9H2. The van der Waals surface area contributed by atoms with E-state index in [1.807, 2.05) is 0 Å². The molecule has 154 valence electrons. The maximum Gasteiger partial charge on any atom is 0.429 e. The van der Waals surface area contributed by atoms with Gasteiger partial charge in [0, 0.05) is 18.1 Å². The van der Waals surface area contributed by atoms with Crippen LogP contribution in [-0.4, -0.2) is 25.1 Å². The lowest BCUT2D eigenvalue weighted by Crippen LogP contribution is -2.23. The lowest BCUT2D eigenvalue weighted by atomic mass is 10.0. The molecule has 2 aromatic carbocycles. The van der Waals surface area contributed by atoms with Crippen molar-refractivity contribution in [2.24, 2.45) is 4.99 Å². The summed E-state index contributed by atoms with van der Waals surface area (Å²) in [5.74, 6) is -0.0535. The van der Waals surface area contributed by atoms with Gasteiger partial charge in [0.2, 0.25) is 0 Å². The van der Waals surface area contributed by atoms with E-state index in [2.05, 4.69) is 4.99 Å². The van der Waals surface area contributed by atoms with E-state index in [1.165, 1.54) is 12.1 Å². The molecule has 2 heterocycles. The third kappa shape index (κ3) is 4.08. The predicted octanol–water partition coefficient (Wildman–Crippen LogP) is 5.73. The van der Waals surface area contributed by atoms with Gasteiger partial charge in [-0.2, -0.15) is 26.3 Å². The second-order valence-corrected chi connectivity index (χ2v) is 6.44. The van der Waals surface area contributed by atoms with Gasteiger partial charge in [-0.1, -0.05) is 12.1 Å². The Morgan fingerprint density at radius 2 is 1.52 bits per heavy atom. The van der Waals surface area contributed by atoms with Crippen molar-refractivity contribution in [1.29, 1.82) is 0 Å². The summed E-state index contributed by atoms with van der Waals surface area (Å²) in [6, 6.07) is 8.02. The molecule has 0 amide bonds. The Hall–Kier alpha value is -2.59. The van der Waals surface area contributed by atoms with Crippen molar-refractivity contribution in [2.45, 2.75) is 25.1 Å². The second-order valence-electron chi connectivity index (χ2n) is 6.44. The normalized spacial score (nSPS) is 17.4. The van der Waals surface area contributed by atoms with Crippen LogP contribution in [0.3, 0.4) is 0 Å². The molecule has 0 spiro atoms. The molecule has 0 aromatic heterocycles. The Bertz CT molecular complexity index is 944. The number of nitrogens with zero attached hydrogens (tertiary/aromatic N) is 1. The van der Waals surface area contributed by atoms with Crippen LogP contribution in [0.5, 0.6) is 11.5 Å². The summed E-state index contributed by atoms with van der Waals surface area (Å²) >= 11 is 0. The highest BCUT2D eigenvalue weighted by Crippen LogP contribution is 2.44. The minimum absolute atomic E-state index is 0.206. The van der Waals surface area contributed by atoms with Crippen molar-refractivity contribution in [2.75, 3.05) is 13.2 Å². The number of fused-ring (bicyclic) bond motifs is 1. The second kappa shape index (κ2) is 7.03. The first kappa shape index (κ1) is 19.7. The predicted molar refractivity (Wildman–Crippen MR) is 89.5 cm³/mol. The number of rotatable bonds is 3. The summed E-state index contributed by atoms with van der Waals surface area (Å²) in [5.41, 5.74) is -2.66. The molecule has 2 aliphatic heterocycles. The van der Waals surface area contributed by atoms with Crippen LogP contribution in [0.2, 0.25) is 0 Å². The van der Waals surface area contributed by atoms with E-state index in [0.717, 1.165) is 6.07 Å². The number of alkyl halides is 6. The molecule has 4 nitrogen and oxygen atoms in total. The Balaban J connectivity index is 1.63. The zero-order chi connectivity index (χ0) is 20.8. The lowest BCUT2D eigenvalue weighted by molar-refractivity contribution is -0.138. The fourth-order valence-electron chi connectivity index (χ4n) is 3.12. The van der Waals surface area contributed by atoms with Crippen molar-refractivity contribution in [3.63, 3.8) is 0 Å². The van der Waals surface area contributed by atoms with Crippen LogP contribution in [-0.2, 0) is 22.1 Å². The first-order valence-corrected chi connectivity index (χ1v) is 8.51. The topological polar surface area (TPSA) is 40.0 Å². The van der Waals surface area contributed by atoms with Gasteiger partial charge in [-0.3, -0.25) is 0 Å². The highest BCUT2D eigenvalue weighted by atomic mass is 19.4. The molecule has 29 heavy (non-hydrogen) atoms. The highest BCUT2D eigenvalue weighted by Gasteiger charge is 2.43. The van der Waals surface area contributed by atoms with Gasteiger partial charge in [-0.05, 0) is 23.8 Å². The quantitative estimate of drug-likeness (QED) is 0.599. The highest BCUT2D eigenvalue weighted by molar-refractivity contribution is 5.98. The Morgan fingerprint density at radius 1 is 0.862 bits per heavy atom. The van der Waals surface area contributed by atoms with Gasteiger partial charge in [0.15, 0.2) is 6.29 Å². The van der Waals surface area contributed by atoms with Crippen LogP contribution >= 0.6 is 0 Å². The van der Waals surface area contributed by atoms with Crippen molar-refractivity contribution in [3.05, 3.63) is 53.1 Å². The van der Waals surface area contributed by atoms with Crippen LogP contribution in [0, 0.1) is 0 Å². The number of halogens is 6. The minimum atomic E-state index is -4.85. The van der Waals surface area contributed by atoms with E-state index >= 15 is 0 Å². The molecular weight excluding hydrogens is 404 g/mol. The van der Waals surface area contributed by atoms with Crippen molar-refractivity contribution < 1.29 is 40.6 Å². The Labute approximate surface area is 160 Å². The van der Waals surface area contributed by atoms with Gasteiger partial charge in [0.05, 0.1) is 24.5 Å². The maximum absolute atomic E-state index is 13.4. The fraction of sp³-hybridized carbons (Fsp3) is 0.316. The maximum atomic E-state index is 13.4. The summed E-state index contributed by atoms with van der Waals surface area (Å²) in [6.45, 7) is 0.914. The van der Waals surface area contributed by atoms with Crippen molar-refractivity contribution in [3.8, 4) is 11.5 Å². The monoisotopic (exact) mass is 417 g/mol. The molecule has 10 heteroatoms. The zero-order valence-corrected chi connectivity index (χ0v) is 14.6. The van der Waals surface area contributed by atoms with Gasteiger partial charge < -0.3 is 14.2 Å². The van der Waals surface area contributed by atoms with E-state index in [0.29, 0.717) is 24.8 Å². The molecule has 1 saturated heterocycles. The molecule has 0 atom stereocenters. The summed E-state index contributed by atoms with van der Waals surface area (Å²) in [4.78, 5) is 3.34. The SMILES string of the molecule is FC(F)(F)C1=Nc2cc(Oc3ccc(C4OCCO4)cc3)cc(C(F)(F)F)c2C1. The van der Waals surface area contributed by atoms with Crippen molar-refractivity contribution >= 4 is 11.4 Å².